The predicted molar refractivity (Wildman–Crippen MR) is 181 cm³/mol. The van der Waals surface area contributed by atoms with Crippen LogP contribution in [0, 0.1) is 0 Å². The fraction of sp³-hybridized carbons (Fsp3) is 0.0769. The van der Waals surface area contributed by atoms with Gasteiger partial charge in [-0.1, -0.05) is 85.9 Å². The fourth-order valence-electron chi connectivity index (χ4n) is 6.31. The zero-order chi connectivity index (χ0) is 32.4. The molecule has 8 heteroatoms. The number of hydrogen-bond donors (Lipinski definition) is 0. The first kappa shape index (κ1) is 29.2. The zero-order valence-electron chi connectivity index (χ0n) is 25.2. The van der Waals surface area contributed by atoms with Crippen molar-refractivity contribution in [1.82, 2.24) is 0 Å². The minimum Gasteiger partial charge on any atom is -0.386 e. The van der Waals surface area contributed by atoms with Crippen LogP contribution in [0.15, 0.2) is 129 Å². The number of ether oxygens (including phenoxy) is 2. The smallest absolute Gasteiger partial charge is 0.346 e. The van der Waals surface area contributed by atoms with Crippen LogP contribution in [-0.2, 0) is 14.9 Å². The summed E-state index contributed by atoms with van der Waals surface area (Å²) in [5.41, 5.74) is 3.68. The van der Waals surface area contributed by atoms with Crippen molar-refractivity contribution in [3.8, 4) is 0 Å². The van der Waals surface area contributed by atoms with E-state index in [-0.39, 0.29) is 5.41 Å². The van der Waals surface area contributed by atoms with Gasteiger partial charge in [-0.15, -0.1) is 0 Å². The molecule has 8 rings (SSSR count). The molecule has 0 radical (unpaired) electrons. The Balaban J connectivity index is 1.03. The minimum atomic E-state index is -0.615. The van der Waals surface area contributed by atoms with E-state index in [1.807, 2.05) is 36.4 Å². The van der Waals surface area contributed by atoms with Crippen LogP contribution in [0.4, 0.5) is 0 Å². The Bertz CT molecular complexity index is 2130. The highest BCUT2D eigenvalue weighted by Crippen LogP contribution is 2.41. The second-order valence-electron chi connectivity index (χ2n) is 11.9. The fourth-order valence-corrected chi connectivity index (χ4v) is 8.19. The minimum absolute atomic E-state index is 0.270. The SMILES string of the molecule is CC(C)(c1ccc(Sc2ccc3c4c(cccc24)C(=O)OC3=O)cc1)c1ccc(Sc2ccc3c4c(cccc24)C(=O)OC3=O)cc1. The van der Waals surface area contributed by atoms with Gasteiger partial charge in [0.05, 0.1) is 22.3 Å². The Labute approximate surface area is 278 Å². The number of carbonyl (C=O) groups excluding carboxylic acids is 4. The summed E-state index contributed by atoms with van der Waals surface area (Å²) in [6.45, 7) is 4.39. The summed E-state index contributed by atoms with van der Waals surface area (Å²) in [6.07, 6.45) is 0. The third-order valence-electron chi connectivity index (χ3n) is 8.86. The molecule has 0 bridgehead atoms. The van der Waals surface area contributed by atoms with Crippen molar-refractivity contribution >= 4 is 68.9 Å². The van der Waals surface area contributed by atoms with Crippen molar-refractivity contribution < 1.29 is 28.7 Å². The first-order valence-electron chi connectivity index (χ1n) is 14.9. The van der Waals surface area contributed by atoms with E-state index >= 15 is 0 Å². The zero-order valence-corrected chi connectivity index (χ0v) is 26.8. The highest BCUT2D eigenvalue weighted by molar-refractivity contribution is 7.99. The Morgan fingerprint density at radius 3 is 1.19 bits per heavy atom. The van der Waals surface area contributed by atoms with Crippen molar-refractivity contribution in [3.05, 3.63) is 143 Å². The van der Waals surface area contributed by atoms with Crippen molar-refractivity contribution in [2.75, 3.05) is 0 Å². The monoisotopic (exact) mass is 652 g/mol. The molecule has 0 saturated heterocycles. The molecule has 0 unspecified atom stereocenters. The van der Waals surface area contributed by atoms with E-state index < -0.39 is 23.9 Å². The molecule has 6 aromatic carbocycles. The summed E-state index contributed by atoms with van der Waals surface area (Å²) in [5.74, 6) is -2.46. The lowest BCUT2D eigenvalue weighted by Gasteiger charge is -2.26. The van der Waals surface area contributed by atoms with Crippen molar-refractivity contribution in [3.63, 3.8) is 0 Å². The molecule has 2 heterocycles. The maximum atomic E-state index is 12.3. The van der Waals surface area contributed by atoms with Crippen LogP contribution in [0.2, 0.25) is 0 Å². The first-order chi connectivity index (χ1) is 22.7. The molecule has 0 amide bonds. The summed E-state index contributed by atoms with van der Waals surface area (Å²) in [7, 11) is 0. The van der Waals surface area contributed by atoms with Gasteiger partial charge < -0.3 is 9.47 Å². The highest BCUT2D eigenvalue weighted by atomic mass is 32.2. The molecule has 0 aromatic heterocycles. The van der Waals surface area contributed by atoms with E-state index in [9.17, 15) is 19.2 Å². The van der Waals surface area contributed by atoms with E-state index in [4.69, 9.17) is 9.47 Å². The summed E-state index contributed by atoms with van der Waals surface area (Å²) in [6, 6.07) is 35.1. The summed E-state index contributed by atoms with van der Waals surface area (Å²) < 4.78 is 9.80. The molecule has 228 valence electrons. The Kier molecular flexibility index (Phi) is 6.82. The van der Waals surface area contributed by atoms with Gasteiger partial charge in [-0.2, -0.15) is 0 Å². The first-order valence-corrected chi connectivity index (χ1v) is 16.5. The molecule has 2 aliphatic heterocycles. The average Bonchev–Trinajstić information content (AvgIpc) is 3.07. The average molecular weight is 653 g/mol. The molecule has 0 fully saturated rings. The van der Waals surface area contributed by atoms with Crippen LogP contribution in [0.3, 0.4) is 0 Å². The Morgan fingerprint density at radius 2 is 0.809 bits per heavy atom. The normalized spacial score (nSPS) is 14.0. The topological polar surface area (TPSA) is 86.7 Å². The second kappa shape index (κ2) is 11.0. The number of rotatable bonds is 6. The van der Waals surface area contributed by atoms with Crippen molar-refractivity contribution in [2.24, 2.45) is 0 Å². The maximum absolute atomic E-state index is 12.3. The number of hydrogen-bond acceptors (Lipinski definition) is 8. The molecule has 0 N–H and O–H groups in total. The molecule has 6 aromatic rings. The van der Waals surface area contributed by atoms with E-state index in [2.05, 4.69) is 62.4 Å². The van der Waals surface area contributed by atoms with Crippen LogP contribution >= 0.6 is 23.5 Å². The number of cyclic esters (lactones) is 4. The van der Waals surface area contributed by atoms with Gasteiger partial charge in [0.1, 0.15) is 0 Å². The molecule has 0 saturated carbocycles. The van der Waals surface area contributed by atoms with Gasteiger partial charge in [0.2, 0.25) is 0 Å². The molecule has 6 nitrogen and oxygen atoms in total. The quantitative estimate of drug-likeness (QED) is 0.130. The largest absolute Gasteiger partial charge is 0.386 e. The van der Waals surface area contributed by atoms with Crippen molar-refractivity contribution in [1.29, 1.82) is 0 Å². The molecule has 2 aliphatic rings. The van der Waals surface area contributed by atoms with Crippen LogP contribution in [0.25, 0.3) is 21.5 Å². The number of benzene rings is 6. The molecule has 0 aliphatic carbocycles. The van der Waals surface area contributed by atoms with Gasteiger partial charge in [-0.3, -0.25) is 0 Å². The van der Waals surface area contributed by atoms with Gasteiger partial charge in [0, 0.05) is 35.8 Å². The lowest BCUT2D eigenvalue weighted by atomic mass is 9.78. The molecular weight excluding hydrogens is 629 g/mol. The third kappa shape index (κ3) is 4.83. The molecule has 0 spiro atoms. The predicted octanol–water partition coefficient (Wildman–Crippen LogP) is 9.24. The maximum Gasteiger partial charge on any atom is 0.346 e. The van der Waals surface area contributed by atoms with Gasteiger partial charge in [-0.05, 0) is 82.6 Å². The van der Waals surface area contributed by atoms with E-state index in [0.717, 1.165) is 41.5 Å². The second-order valence-corrected chi connectivity index (χ2v) is 14.1. The number of carbonyl (C=O) groups is 4. The van der Waals surface area contributed by atoms with Gasteiger partial charge in [-0.25, -0.2) is 19.2 Å². The lowest BCUT2D eigenvalue weighted by molar-refractivity contribution is 0.0373. The Hall–Kier alpha value is -5.18. The number of esters is 4. The standard InChI is InChI=1S/C39H24O6S2/c1-39(2,21-9-13-23(14-10-21)46-31-19-17-29-33-25(31)5-3-7-27(33)35(40)44-37(29)42)22-11-15-24(16-12-22)47-32-20-18-30-34-26(32)6-4-8-28(34)36(41)45-38(30)43/h3-20H,1-2H3. The van der Waals surface area contributed by atoms with Gasteiger partial charge >= 0.3 is 23.9 Å². The molecule has 47 heavy (non-hydrogen) atoms. The van der Waals surface area contributed by atoms with Gasteiger partial charge in [0.15, 0.2) is 0 Å². The third-order valence-corrected chi connectivity index (χ3v) is 11.0. The lowest BCUT2D eigenvalue weighted by Crippen LogP contribution is -2.19. The van der Waals surface area contributed by atoms with Crippen molar-refractivity contribution in [2.45, 2.75) is 38.8 Å². The van der Waals surface area contributed by atoms with E-state index in [1.165, 1.54) is 0 Å². The van der Waals surface area contributed by atoms with E-state index in [0.29, 0.717) is 33.0 Å². The highest BCUT2D eigenvalue weighted by Gasteiger charge is 2.30. The molecular formula is C39H24O6S2. The van der Waals surface area contributed by atoms with Crippen LogP contribution in [0.1, 0.15) is 66.4 Å². The summed E-state index contributed by atoms with van der Waals surface area (Å²) in [5, 5.41) is 2.98. The van der Waals surface area contributed by atoms with E-state index in [1.54, 1.807) is 47.8 Å². The summed E-state index contributed by atoms with van der Waals surface area (Å²) >= 11 is 3.17. The Morgan fingerprint density at radius 1 is 0.447 bits per heavy atom. The summed E-state index contributed by atoms with van der Waals surface area (Å²) in [4.78, 5) is 53.3. The van der Waals surface area contributed by atoms with Crippen LogP contribution in [0.5, 0.6) is 0 Å². The van der Waals surface area contributed by atoms with Gasteiger partial charge in [0.25, 0.3) is 0 Å². The molecule has 0 atom stereocenters. The van der Waals surface area contributed by atoms with Crippen LogP contribution in [-0.4, -0.2) is 23.9 Å². The van der Waals surface area contributed by atoms with Crippen LogP contribution < -0.4 is 0 Å².